The third-order valence-electron chi connectivity index (χ3n) is 4.71. The van der Waals surface area contributed by atoms with Crippen LogP contribution in [0.5, 0.6) is 0 Å². The molecular weight excluding hydrogens is 344 g/mol. The van der Waals surface area contributed by atoms with Crippen molar-refractivity contribution in [1.82, 2.24) is 15.2 Å². The molecule has 1 aromatic heterocycles. The van der Waals surface area contributed by atoms with Crippen molar-refractivity contribution >= 4 is 17.8 Å². The van der Waals surface area contributed by atoms with Gasteiger partial charge in [-0.1, -0.05) is 30.3 Å². The molecule has 3 N–H and O–H groups in total. The molecule has 3 rings (SSSR count). The van der Waals surface area contributed by atoms with Crippen molar-refractivity contribution in [2.45, 2.75) is 19.4 Å². The van der Waals surface area contributed by atoms with Crippen LogP contribution in [0.15, 0.2) is 48.7 Å². The number of benzene rings is 1. The number of likely N-dealkylation sites (tertiary alicyclic amines) is 1. The lowest BCUT2D eigenvalue weighted by Gasteiger charge is -2.31. The largest absolute Gasteiger partial charge is 0.445 e. The first-order valence-electron chi connectivity index (χ1n) is 9.08. The number of nitrogen functional groups attached to an aromatic ring is 1. The highest BCUT2D eigenvalue weighted by atomic mass is 16.6. The van der Waals surface area contributed by atoms with Crippen molar-refractivity contribution in [1.29, 1.82) is 0 Å². The Morgan fingerprint density at radius 1 is 1.15 bits per heavy atom. The zero-order valence-corrected chi connectivity index (χ0v) is 15.1. The highest BCUT2D eigenvalue weighted by Crippen LogP contribution is 2.18. The molecular formula is C20H24N4O3. The predicted molar refractivity (Wildman–Crippen MR) is 102 cm³/mol. The van der Waals surface area contributed by atoms with Crippen LogP contribution in [0.2, 0.25) is 0 Å². The fourth-order valence-electron chi connectivity index (χ4n) is 3.07. The van der Waals surface area contributed by atoms with E-state index in [1.165, 1.54) is 0 Å². The molecule has 1 aromatic carbocycles. The van der Waals surface area contributed by atoms with Crippen molar-refractivity contribution in [3.8, 4) is 0 Å². The van der Waals surface area contributed by atoms with E-state index in [2.05, 4.69) is 10.3 Å². The van der Waals surface area contributed by atoms with Crippen molar-refractivity contribution in [3.05, 3.63) is 59.8 Å². The highest BCUT2D eigenvalue weighted by Gasteiger charge is 2.24. The molecule has 1 fully saturated rings. The average Bonchev–Trinajstić information content (AvgIpc) is 2.72. The van der Waals surface area contributed by atoms with Gasteiger partial charge in [-0.25, -0.2) is 9.78 Å². The molecule has 1 aliphatic rings. The summed E-state index contributed by atoms with van der Waals surface area (Å²) in [4.78, 5) is 30.0. The van der Waals surface area contributed by atoms with Gasteiger partial charge in [-0.3, -0.25) is 4.79 Å². The van der Waals surface area contributed by atoms with Crippen LogP contribution in [0.25, 0.3) is 0 Å². The molecule has 2 heterocycles. The summed E-state index contributed by atoms with van der Waals surface area (Å²) in [5.74, 6) is 0.335. The Morgan fingerprint density at radius 2 is 1.89 bits per heavy atom. The topological polar surface area (TPSA) is 97.5 Å². The van der Waals surface area contributed by atoms with Crippen LogP contribution in [0.1, 0.15) is 28.8 Å². The quantitative estimate of drug-likeness (QED) is 0.845. The minimum Gasteiger partial charge on any atom is -0.445 e. The summed E-state index contributed by atoms with van der Waals surface area (Å²) in [6.45, 7) is 2.09. The van der Waals surface area contributed by atoms with E-state index < -0.39 is 0 Å². The Kier molecular flexibility index (Phi) is 6.25. The lowest BCUT2D eigenvalue weighted by Crippen LogP contribution is -2.41. The van der Waals surface area contributed by atoms with Gasteiger partial charge in [-0.05, 0) is 36.5 Å². The number of pyridine rings is 1. The molecule has 0 bridgehead atoms. The summed E-state index contributed by atoms with van der Waals surface area (Å²) >= 11 is 0. The fraction of sp³-hybridized carbons (Fsp3) is 0.350. The first-order chi connectivity index (χ1) is 13.1. The smallest absolute Gasteiger partial charge is 0.410 e. The normalized spacial score (nSPS) is 14.6. The van der Waals surface area contributed by atoms with Gasteiger partial charge in [0, 0.05) is 25.8 Å². The summed E-state index contributed by atoms with van der Waals surface area (Å²) in [6.07, 6.45) is 2.91. The molecule has 0 radical (unpaired) electrons. The zero-order chi connectivity index (χ0) is 19.1. The Labute approximate surface area is 158 Å². The molecule has 2 aromatic rings. The highest BCUT2D eigenvalue weighted by molar-refractivity contribution is 5.98. The second-order valence-electron chi connectivity index (χ2n) is 6.62. The summed E-state index contributed by atoms with van der Waals surface area (Å²) in [6, 6.07) is 13.0. The number of hydrogen-bond acceptors (Lipinski definition) is 5. The SMILES string of the molecule is Nc1ncccc1C(=O)NCC1CCN(C(=O)OCc2ccccc2)CC1. The molecule has 2 amide bonds. The zero-order valence-electron chi connectivity index (χ0n) is 15.1. The van der Waals surface area contributed by atoms with E-state index in [1.807, 2.05) is 30.3 Å². The number of nitrogens with one attached hydrogen (secondary N) is 1. The number of rotatable bonds is 5. The average molecular weight is 368 g/mol. The lowest BCUT2D eigenvalue weighted by molar-refractivity contribution is 0.0801. The Hall–Kier alpha value is -3.09. The van der Waals surface area contributed by atoms with Gasteiger partial charge in [0.25, 0.3) is 5.91 Å². The third-order valence-corrected chi connectivity index (χ3v) is 4.71. The molecule has 27 heavy (non-hydrogen) atoms. The number of carbonyl (C=O) groups excluding carboxylic acids is 2. The van der Waals surface area contributed by atoms with Crippen LogP contribution in [0, 0.1) is 5.92 Å². The molecule has 0 atom stereocenters. The van der Waals surface area contributed by atoms with Gasteiger partial charge in [0.1, 0.15) is 12.4 Å². The monoisotopic (exact) mass is 368 g/mol. The van der Waals surface area contributed by atoms with E-state index in [4.69, 9.17) is 10.5 Å². The molecule has 0 unspecified atom stereocenters. The van der Waals surface area contributed by atoms with Crippen LogP contribution in [-0.2, 0) is 11.3 Å². The molecule has 1 aliphatic heterocycles. The second-order valence-corrected chi connectivity index (χ2v) is 6.62. The van der Waals surface area contributed by atoms with Gasteiger partial charge in [0.05, 0.1) is 5.56 Å². The Balaban J connectivity index is 1.39. The summed E-state index contributed by atoms with van der Waals surface area (Å²) in [7, 11) is 0. The van der Waals surface area contributed by atoms with Gasteiger partial charge in [0.15, 0.2) is 0 Å². The maximum Gasteiger partial charge on any atom is 0.410 e. The molecule has 0 saturated carbocycles. The molecule has 142 valence electrons. The van der Waals surface area contributed by atoms with Crippen LogP contribution in [0.4, 0.5) is 10.6 Å². The van der Waals surface area contributed by atoms with Crippen LogP contribution < -0.4 is 11.1 Å². The maximum atomic E-state index is 12.2. The number of hydrogen-bond donors (Lipinski definition) is 2. The number of piperidine rings is 1. The number of carbonyl (C=O) groups is 2. The van der Waals surface area contributed by atoms with Gasteiger partial charge < -0.3 is 20.7 Å². The van der Waals surface area contributed by atoms with Crippen molar-refractivity contribution in [3.63, 3.8) is 0 Å². The minimum atomic E-state index is -0.288. The minimum absolute atomic E-state index is 0.217. The number of aromatic nitrogens is 1. The summed E-state index contributed by atoms with van der Waals surface area (Å²) < 4.78 is 5.37. The van der Waals surface area contributed by atoms with E-state index in [9.17, 15) is 9.59 Å². The lowest BCUT2D eigenvalue weighted by atomic mass is 9.97. The van der Waals surface area contributed by atoms with Crippen LogP contribution >= 0.6 is 0 Å². The molecule has 0 spiro atoms. The van der Waals surface area contributed by atoms with E-state index in [-0.39, 0.29) is 24.4 Å². The van der Waals surface area contributed by atoms with E-state index in [1.54, 1.807) is 23.2 Å². The second kappa shape index (κ2) is 9.02. The molecule has 7 nitrogen and oxygen atoms in total. The third kappa shape index (κ3) is 5.20. The van der Waals surface area contributed by atoms with Crippen molar-refractivity contribution in [2.75, 3.05) is 25.4 Å². The van der Waals surface area contributed by atoms with E-state index in [0.717, 1.165) is 18.4 Å². The van der Waals surface area contributed by atoms with E-state index >= 15 is 0 Å². The maximum absolute atomic E-state index is 12.2. The summed E-state index contributed by atoms with van der Waals surface area (Å²) in [5, 5.41) is 2.91. The number of amides is 2. The molecule has 1 saturated heterocycles. The fourth-order valence-corrected chi connectivity index (χ4v) is 3.07. The Bertz CT molecular complexity index is 774. The Morgan fingerprint density at radius 3 is 2.59 bits per heavy atom. The van der Waals surface area contributed by atoms with Crippen molar-refractivity contribution in [2.24, 2.45) is 5.92 Å². The van der Waals surface area contributed by atoms with Crippen LogP contribution in [0.3, 0.4) is 0 Å². The first kappa shape index (κ1) is 18.7. The van der Waals surface area contributed by atoms with Gasteiger partial charge >= 0.3 is 6.09 Å². The molecule has 0 aliphatic carbocycles. The standard InChI is InChI=1S/C20H24N4O3/c21-18-17(7-4-10-22-18)19(25)23-13-15-8-11-24(12-9-15)20(26)27-14-16-5-2-1-3-6-16/h1-7,10,15H,8-9,11-14H2,(H2,21,22)(H,23,25). The number of ether oxygens (including phenoxy) is 1. The van der Waals surface area contributed by atoms with Crippen molar-refractivity contribution < 1.29 is 14.3 Å². The van der Waals surface area contributed by atoms with E-state index in [0.29, 0.717) is 31.1 Å². The number of nitrogens with two attached hydrogens (primary N) is 1. The van der Waals surface area contributed by atoms with Gasteiger partial charge in [-0.15, -0.1) is 0 Å². The first-order valence-corrected chi connectivity index (χ1v) is 9.08. The predicted octanol–water partition coefficient (Wildman–Crippen LogP) is 2.44. The van der Waals surface area contributed by atoms with Crippen LogP contribution in [-0.4, -0.2) is 41.5 Å². The number of anilines is 1. The molecule has 7 heteroatoms. The number of nitrogens with zero attached hydrogens (tertiary/aromatic N) is 2. The summed E-state index contributed by atoms with van der Waals surface area (Å²) in [5.41, 5.74) is 7.08. The van der Waals surface area contributed by atoms with Gasteiger partial charge in [0.2, 0.25) is 0 Å². The van der Waals surface area contributed by atoms with Gasteiger partial charge in [-0.2, -0.15) is 0 Å².